The molecule has 0 aliphatic carbocycles. The van der Waals surface area contributed by atoms with Gasteiger partial charge in [-0.2, -0.15) is 0 Å². The smallest absolute Gasteiger partial charge is 0.163 e. The van der Waals surface area contributed by atoms with Crippen LogP contribution in [0.15, 0.2) is 30.3 Å². The molecule has 0 N–H and O–H groups in total. The molecule has 0 aromatic heterocycles. The van der Waals surface area contributed by atoms with Crippen molar-refractivity contribution in [1.29, 1.82) is 0 Å². The van der Waals surface area contributed by atoms with Crippen LogP contribution in [0.25, 0.3) is 6.08 Å². The van der Waals surface area contributed by atoms with Gasteiger partial charge in [0.15, 0.2) is 5.78 Å². The van der Waals surface area contributed by atoms with Crippen LogP contribution in [0.3, 0.4) is 0 Å². The molecule has 0 heterocycles. The van der Waals surface area contributed by atoms with Crippen LogP contribution >= 0.6 is 0 Å². The SMILES string of the molecule is CCc1ccc(/C=C/C(=O)CC(=O)C(C)(C)C)cc1. The van der Waals surface area contributed by atoms with Crippen molar-refractivity contribution in [2.45, 2.75) is 40.5 Å². The van der Waals surface area contributed by atoms with Crippen LogP contribution in [-0.4, -0.2) is 11.6 Å². The van der Waals surface area contributed by atoms with Crippen LogP contribution in [0.2, 0.25) is 0 Å². The highest BCUT2D eigenvalue weighted by molar-refractivity contribution is 6.07. The average molecular weight is 258 g/mol. The van der Waals surface area contributed by atoms with Gasteiger partial charge in [0.2, 0.25) is 0 Å². The summed E-state index contributed by atoms with van der Waals surface area (Å²) in [5.74, 6) is -0.164. The summed E-state index contributed by atoms with van der Waals surface area (Å²) in [7, 11) is 0. The fourth-order valence-electron chi connectivity index (χ4n) is 1.54. The zero-order valence-electron chi connectivity index (χ0n) is 12.2. The lowest BCUT2D eigenvalue weighted by Gasteiger charge is -2.14. The summed E-state index contributed by atoms with van der Waals surface area (Å²) < 4.78 is 0. The van der Waals surface area contributed by atoms with Gasteiger partial charge in [0.05, 0.1) is 6.42 Å². The molecule has 1 aromatic rings. The van der Waals surface area contributed by atoms with Gasteiger partial charge in [-0.15, -0.1) is 0 Å². The predicted molar refractivity (Wildman–Crippen MR) is 78.9 cm³/mol. The quantitative estimate of drug-likeness (QED) is 0.594. The molecule has 0 bridgehead atoms. The minimum atomic E-state index is -0.452. The van der Waals surface area contributed by atoms with Crippen molar-refractivity contribution in [2.24, 2.45) is 5.41 Å². The minimum Gasteiger partial charge on any atom is -0.299 e. The maximum atomic E-state index is 11.7. The predicted octanol–water partition coefficient (Wildman–Crippen LogP) is 3.84. The fourth-order valence-corrected chi connectivity index (χ4v) is 1.54. The average Bonchev–Trinajstić information content (AvgIpc) is 2.35. The van der Waals surface area contributed by atoms with Gasteiger partial charge in [0.25, 0.3) is 0 Å². The topological polar surface area (TPSA) is 34.1 Å². The van der Waals surface area contributed by atoms with E-state index in [-0.39, 0.29) is 18.0 Å². The zero-order chi connectivity index (χ0) is 14.5. The van der Waals surface area contributed by atoms with E-state index < -0.39 is 5.41 Å². The van der Waals surface area contributed by atoms with Gasteiger partial charge >= 0.3 is 0 Å². The Hall–Kier alpha value is -1.70. The van der Waals surface area contributed by atoms with E-state index in [0.29, 0.717) is 0 Å². The van der Waals surface area contributed by atoms with Gasteiger partial charge < -0.3 is 0 Å². The number of allylic oxidation sites excluding steroid dienone is 1. The van der Waals surface area contributed by atoms with E-state index in [2.05, 4.69) is 6.92 Å². The first-order chi connectivity index (χ1) is 8.82. The Balaban J connectivity index is 2.61. The fraction of sp³-hybridized carbons (Fsp3) is 0.412. The van der Waals surface area contributed by atoms with Crippen LogP contribution in [0.5, 0.6) is 0 Å². The second-order valence-electron chi connectivity index (χ2n) is 5.74. The molecule has 0 saturated heterocycles. The van der Waals surface area contributed by atoms with Crippen molar-refractivity contribution < 1.29 is 9.59 Å². The summed E-state index contributed by atoms with van der Waals surface area (Å²) in [6.07, 6.45) is 4.23. The molecular formula is C17H22O2. The van der Waals surface area contributed by atoms with Crippen LogP contribution in [0, 0.1) is 5.41 Å². The molecule has 0 unspecified atom stereocenters. The molecule has 0 radical (unpaired) electrons. The number of aryl methyl sites for hydroxylation is 1. The molecule has 0 amide bonds. The van der Waals surface area contributed by atoms with Gasteiger partial charge in [-0.25, -0.2) is 0 Å². The number of carbonyl (C=O) groups is 2. The number of rotatable bonds is 5. The molecule has 102 valence electrons. The van der Waals surface area contributed by atoms with Crippen LogP contribution in [0.1, 0.15) is 45.2 Å². The Labute approximate surface area is 115 Å². The minimum absolute atomic E-state index is 0.0208. The maximum absolute atomic E-state index is 11.7. The Bertz CT molecular complexity index is 473. The summed E-state index contributed by atoms with van der Waals surface area (Å²) in [5.41, 5.74) is 1.80. The van der Waals surface area contributed by atoms with Gasteiger partial charge in [-0.3, -0.25) is 9.59 Å². The first-order valence-electron chi connectivity index (χ1n) is 6.66. The van der Waals surface area contributed by atoms with E-state index in [1.807, 2.05) is 45.0 Å². The molecule has 1 rings (SSSR count). The monoisotopic (exact) mass is 258 g/mol. The highest BCUT2D eigenvalue weighted by Gasteiger charge is 2.22. The Morgan fingerprint density at radius 1 is 1.11 bits per heavy atom. The Morgan fingerprint density at radius 3 is 2.16 bits per heavy atom. The molecule has 0 aliphatic heterocycles. The summed E-state index contributed by atoms with van der Waals surface area (Å²) in [4.78, 5) is 23.4. The zero-order valence-corrected chi connectivity index (χ0v) is 12.2. The molecule has 0 aliphatic rings. The summed E-state index contributed by atoms with van der Waals surface area (Å²) in [6.45, 7) is 7.59. The summed E-state index contributed by atoms with van der Waals surface area (Å²) in [5, 5.41) is 0. The third kappa shape index (κ3) is 5.21. The van der Waals surface area contributed by atoms with E-state index in [4.69, 9.17) is 0 Å². The van der Waals surface area contributed by atoms with E-state index in [1.54, 1.807) is 6.08 Å². The normalized spacial score (nSPS) is 11.8. The number of benzene rings is 1. The number of hydrogen-bond donors (Lipinski definition) is 0. The number of ketones is 2. The van der Waals surface area contributed by atoms with Gasteiger partial charge in [-0.1, -0.05) is 58.0 Å². The number of hydrogen-bond acceptors (Lipinski definition) is 2. The van der Waals surface area contributed by atoms with E-state index >= 15 is 0 Å². The third-order valence-electron chi connectivity index (χ3n) is 3.02. The second-order valence-corrected chi connectivity index (χ2v) is 5.74. The number of Topliss-reactive ketones (excluding diaryl/α,β-unsaturated/α-hetero) is 1. The highest BCUT2D eigenvalue weighted by Crippen LogP contribution is 2.17. The largest absolute Gasteiger partial charge is 0.299 e. The number of carbonyl (C=O) groups excluding carboxylic acids is 2. The van der Waals surface area contributed by atoms with Crippen molar-refractivity contribution in [3.63, 3.8) is 0 Å². The van der Waals surface area contributed by atoms with E-state index in [9.17, 15) is 9.59 Å². The van der Waals surface area contributed by atoms with Crippen molar-refractivity contribution >= 4 is 17.6 Å². The molecule has 19 heavy (non-hydrogen) atoms. The van der Waals surface area contributed by atoms with E-state index in [1.165, 1.54) is 11.6 Å². The third-order valence-corrected chi connectivity index (χ3v) is 3.02. The van der Waals surface area contributed by atoms with Crippen LogP contribution in [-0.2, 0) is 16.0 Å². The molecule has 0 fully saturated rings. The molecule has 1 aromatic carbocycles. The molecule has 2 heteroatoms. The molecule has 0 spiro atoms. The van der Waals surface area contributed by atoms with Gasteiger partial charge in [0.1, 0.15) is 5.78 Å². The lowest BCUT2D eigenvalue weighted by Crippen LogP contribution is -2.22. The Morgan fingerprint density at radius 2 is 1.68 bits per heavy atom. The van der Waals surface area contributed by atoms with Crippen LogP contribution in [0.4, 0.5) is 0 Å². The summed E-state index contributed by atoms with van der Waals surface area (Å²) in [6, 6.07) is 8.05. The lowest BCUT2D eigenvalue weighted by molar-refractivity contribution is -0.130. The summed E-state index contributed by atoms with van der Waals surface area (Å²) >= 11 is 0. The molecule has 2 nitrogen and oxygen atoms in total. The first-order valence-corrected chi connectivity index (χ1v) is 6.66. The molecule has 0 saturated carbocycles. The van der Waals surface area contributed by atoms with Gasteiger partial charge in [0, 0.05) is 5.41 Å². The van der Waals surface area contributed by atoms with Crippen molar-refractivity contribution in [3.8, 4) is 0 Å². The molecule has 0 atom stereocenters. The van der Waals surface area contributed by atoms with Crippen molar-refractivity contribution in [2.75, 3.05) is 0 Å². The Kier molecular flexibility index (Phi) is 5.22. The maximum Gasteiger partial charge on any atom is 0.163 e. The standard InChI is InChI=1S/C17H22O2/c1-5-13-6-8-14(9-7-13)10-11-15(18)12-16(19)17(2,3)4/h6-11H,5,12H2,1-4H3/b11-10+. The highest BCUT2D eigenvalue weighted by atomic mass is 16.1. The second kappa shape index (κ2) is 6.46. The lowest BCUT2D eigenvalue weighted by atomic mass is 9.88. The molecular weight excluding hydrogens is 236 g/mol. The van der Waals surface area contributed by atoms with Crippen molar-refractivity contribution in [3.05, 3.63) is 41.5 Å². The van der Waals surface area contributed by atoms with Crippen LogP contribution < -0.4 is 0 Å². The van der Waals surface area contributed by atoms with Gasteiger partial charge in [-0.05, 0) is 23.6 Å². The van der Waals surface area contributed by atoms with E-state index in [0.717, 1.165) is 12.0 Å². The first kappa shape index (κ1) is 15.4. The van der Waals surface area contributed by atoms with Crippen molar-refractivity contribution in [1.82, 2.24) is 0 Å².